The maximum Gasteiger partial charge on any atom is 0.246 e. The van der Waals surface area contributed by atoms with Crippen LogP contribution >= 0.6 is 0 Å². The minimum atomic E-state index is -0.448. The van der Waals surface area contributed by atoms with Gasteiger partial charge in [-0.2, -0.15) is 5.10 Å². The Balaban J connectivity index is 1.57. The smallest absolute Gasteiger partial charge is 0.246 e. The van der Waals surface area contributed by atoms with Crippen LogP contribution in [0.4, 0.5) is 10.2 Å². The Morgan fingerprint density at radius 3 is 2.97 bits per heavy atom. The predicted molar refractivity (Wildman–Crippen MR) is 117 cm³/mol. The number of hydrogen-bond acceptors (Lipinski definition) is 6. The molecule has 10 heteroatoms. The van der Waals surface area contributed by atoms with Gasteiger partial charge in [-0.25, -0.2) is 24.0 Å². The summed E-state index contributed by atoms with van der Waals surface area (Å²) in [6.45, 7) is 4.61. The second-order valence-corrected chi connectivity index (χ2v) is 7.61. The van der Waals surface area contributed by atoms with Gasteiger partial charge in [0.25, 0.3) is 0 Å². The molecule has 4 heterocycles. The summed E-state index contributed by atoms with van der Waals surface area (Å²) in [5.41, 5.74) is 8.52. The molecular weight excluding hydrogens is 411 g/mol. The number of fused-ring (bicyclic) bond motifs is 2. The minimum absolute atomic E-state index is 0.0899. The quantitative estimate of drug-likeness (QED) is 0.384. The Labute approximate surface area is 182 Å². The van der Waals surface area contributed by atoms with Gasteiger partial charge < -0.3 is 15.2 Å². The summed E-state index contributed by atoms with van der Waals surface area (Å²) in [7, 11) is 1.80. The fraction of sp³-hybridized carbons (Fsp3) is 0.227. The normalized spacial score (nSPS) is 15.8. The Bertz CT molecular complexity index is 1460. The molecule has 1 aliphatic rings. The molecule has 1 fully saturated rings. The lowest BCUT2D eigenvalue weighted by molar-refractivity contribution is -0.125. The van der Waals surface area contributed by atoms with Crippen molar-refractivity contribution in [3.8, 4) is 11.8 Å². The number of anilines is 1. The molecule has 5 rings (SSSR count). The number of imidazole rings is 1. The van der Waals surface area contributed by atoms with E-state index in [0.717, 1.165) is 0 Å². The average Bonchev–Trinajstić information content (AvgIpc) is 3.50. The number of carbonyl (C=O) groups excluding carboxylic acids is 1. The Morgan fingerprint density at radius 1 is 1.31 bits per heavy atom. The number of halogens is 1. The Hall–Kier alpha value is -4.26. The van der Waals surface area contributed by atoms with E-state index in [1.54, 1.807) is 33.6 Å². The monoisotopic (exact) mass is 430 g/mol. The van der Waals surface area contributed by atoms with E-state index in [0.29, 0.717) is 47.3 Å². The van der Waals surface area contributed by atoms with E-state index in [1.165, 1.54) is 18.5 Å². The maximum absolute atomic E-state index is 14.6. The molecular formula is C22H19FN8O. The molecule has 9 nitrogen and oxygen atoms in total. The maximum atomic E-state index is 14.6. The average molecular weight is 430 g/mol. The van der Waals surface area contributed by atoms with Crippen LogP contribution in [0, 0.1) is 17.7 Å². The minimum Gasteiger partial charge on any atom is -0.383 e. The summed E-state index contributed by atoms with van der Waals surface area (Å²) in [4.78, 5) is 26.3. The molecule has 0 spiro atoms. The first-order valence-electron chi connectivity index (χ1n) is 9.99. The summed E-state index contributed by atoms with van der Waals surface area (Å²) in [5.74, 6) is 5.45. The fourth-order valence-corrected chi connectivity index (χ4v) is 3.98. The van der Waals surface area contributed by atoms with Crippen molar-refractivity contribution in [1.82, 2.24) is 34.2 Å². The van der Waals surface area contributed by atoms with Gasteiger partial charge in [-0.15, -0.1) is 0 Å². The van der Waals surface area contributed by atoms with Gasteiger partial charge >= 0.3 is 0 Å². The van der Waals surface area contributed by atoms with E-state index in [1.807, 2.05) is 0 Å². The van der Waals surface area contributed by atoms with E-state index in [4.69, 9.17) is 5.73 Å². The third-order valence-electron chi connectivity index (χ3n) is 5.64. The fourth-order valence-electron chi connectivity index (χ4n) is 3.98. The summed E-state index contributed by atoms with van der Waals surface area (Å²) in [5, 5.41) is 5.12. The number of aryl methyl sites for hydroxylation is 1. The number of amides is 1. The van der Waals surface area contributed by atoms with E-state index >= 15 is 0 Å². The summed E-state index contributed by atoms with van der Waals surface area (Å²) < 4.78 is 18.1. The van der Waals surface area contributed by atoms with Gasteiger partial charge in [-0.3, -0.25) is 4.79 Å². The second kappa shape index (κ2) is 7.46. The zero-order valence-corrected chi connectivity index (χ0v) is 17.3. The van der Waals surface area contributed by atoms with Gasteiger partial charge in [0.2, 0.25) is 5.91 Å². The highest BCUT2D eigenvalue weighted by Gasteiger charge is 2.29. The van der Waals surface area contributed by atoms with Crippen LogP contribution in [0.25, 0.3) is 22.1 Å². The molecule has 1 atom stereocenters. The molecule has 0 saturated carbocycles. The lowest BCUT2D eigenvalue weighted by atomic mass is 10.1. The number of nitrogens with two attached hydrogens (primary N) is 1. The van der Waals surface area contributed by atoms with Gasteiger partial charge in [0.15, 0.2) is 5.65 Å². The molecule has 0 aliphatic carbocycles. The standard InChI is InChI=1S/C22H19FN8O/c1-3-19(32)30-7-6-14(10-30)31-22-20(21(24)25-11-26-22)16(28-31)5-4-13-8-17-18(9-15(13)23)29(2)12-27-17/h3,8-9,11-12,14H,1,6-7,10H2,2H3,(H2,24,25,26). The molecule has 2 N–H and O–H groups in total. The van der Waals surface area contributed by atoms with Crippen molar-refractivity contribution in [3.05, 3.63) is 54.5 Å². The van der Waals surface area contributed by atoms with E-state index in [9.17, 15) is 9.18 Å². The van der Waals surface area contributed by atoms with Crippen molar-refractivity contribution in [3.63, 3.8) is 0 Å². The van der Waals surface area contributed by atoms with Gasteiger partial charge in [0.05, 0.1) is 34.4 Å². The molecule has 1 aromatic carbocycles. The number of carbonyl (C=O) groups is 1. The van der Waals surface area contributed by atoms with Crippen LogP contribution in [0.2, 0.25) is 0 Å². The van der Waals surface area contributed by atoms with Crippen LogP contribution in [-0.4, -0.2) is 53.2 Å². The number of hydrogen-bond donors (Lipinski definition) is 1. The van der Waals surface area contributed by atoms with Crippen molar-refractivity contribution in [2.45, 2.75) is 12.5 Å². The third-order valence-corrected chi connectivity index (χ3v) is 5.64. The first-order chi connectivity index (χ1) is 15.5. The highest BCUT2D eigenvalue weighted by atomic mass is 19.1. The number of nitrogen functional groups attached to an aromatic ring is 1. The molecule has 0 radical (unpaired) electrons. The molecule has 1 aliphatic heterocycles. The Morgan fingerprint density at radius 2 is 2.16 bits per heavy atom. The molecule has 3 aromatic heterocycles. The zero-order chi connectivity index (χ0) is 22.4. The molecule has 1 saturated heterocycles. The highest BCUT2D eigenvalue weighted by molar-refractivity contribution is 5.91. The number of nitrogens with zero attached hydrogens (tertiary/aromatic N) is 7. The van der Waals surface area contributed by atoms with Crippen LogP contribution in [0.5, 0.6) is 0 Å². The Kier molecular flexibility index (Phi) is 4.59. The molecule has 4 aromatic rings. The molecule has 1 unspecified atom stereocenters. The number of benzene rings is 1. The number of likely N-dealkylation sites (tertiary alicyclic amines) is 1. The van der Waals surface area contributed by atoms with Gasteiger partial charge in [0, 0.05) is 26.2 Å². The van der Waals surface area contributed by atoms with Gasteiger partial charge in [-0.05, 0) is 24.5 Å². The van der Waals surface area contributed by atoms with Crippen molar-refractivity contribution >= 4 is 33.8 Å². The topological polar surface area (TPSA) is 108 Å². The van der Waals surface area contributed by atoms with Crippen LogP contribution in [0.1, 0.15) is 23.7 Å². The summed E-state index contributed by atoms with van der Waals surface area (Å²) in [6, 6.07) is 2.92. The molecule has 32 heavy (non-hydrogen) atoms. The van der Waals surface area contributed by atoms with E-state index < -0.39 is 5.82 Å². The number of rotatable bonds is 2. The van der Waals surface area contributed by atoms with Gasteiger partial charge in [0.1, 0.15) is 23.7 Å². The van der Waals surface area contributed by atoms with E-state index in [-0.39, 0.29) is 23.3 Å². The van der Waals surface area contributed by atoms with E-state index in [2.05, 4.69) is 38.5 Å². The lowest BCUT2D eigenvalue weighted by Crippen LogP contribution is -2.27. The molecule has 0 bridgehead atoms. The van der Waals surface area contributed by atoms with Crippen LogP contribution < -0.4 is 5.73 Å². The van der Waals surface area contributed by atoms with Crippen molar-refractivity contribution in [2.75, 3.05) is 18.8 Å². The highest BCUT2D eigenvalue weighted by Crippen LogP contribution is 2.28. The summed E-state index contributed by atoms with van der Waals surface area (Å²) >= 11 is 0. The predicted octanol–water partition coefficient (Wildman–Crippen LogP) is 1.79. The zero-order valence-electron chi connectivity index (χ0n) is 17.3. The van der Waals surface area contributed by atoms with Crippen LogP contribution in [0.15, 0.2) is 37.4 Å². The largest absolute Gasteiger partial charge is 0.383 e. The SMILES string of the molecule is C=CC(=O)N1CCC(n2nc(C#Cc3cc4ncn(C)c4cc3F)c3c(N)ncnc32)C1. The van der Waals surface area contributed by atoms with Crippen LogP contribution in [0.3, 0.4) is 0 Å². The first kappa shape index (κ1) is 19.7. The van der Waals surface area contributed by atoms with Crippen molar-refractivity contribution in [1.29, 1.82) is 0 Å². The number of aromatic nitrogens is 6. The molecule has 160 valence electrons. The summed E-state index contributed by atoms with van der Waals surface area (Å²) in [6.07, 6.45) is 4.99. The molecule has 1 amide bonds. The lowest BCUT2D eigenvalue weighted by Gasteiger charge is -2.14. The first-order valence-corrected chi connectivity index (χ1v) is 9.99. The third kappa shape index (κ3) is 3.15. The van der Waals surface area contributed by atoms with Crippen LogP contribution in [-0.2, 0) is 11.8 Å². The van der Waals surface area contributed by atoms with Crippen molar-refractivity contribution in [2.24, 2.45) is 7.05 Å². The second-order valence-electron chi connectivity index (χ2n) is 7.61. The van der Waals surface area contributed by atoms with Crippen molar-refractivity contribution < 1.29 is 9.18 Å². The van der Waals surface area contributed by atoms with Gasteiger partial charge in [-0.1, -0.05) is 12.5 Å².